The maximum atomic E-state index is 12.1. The molecule has 3 rings (SSSR count). The highest BCUT2D eigenvalue weighted by Crippen LogP contribution is 2.33. The molecule has 0 bridgehead atoms. The second-order valence-electron chi connectivity index (χ2n) is 4.20. The minimum absolute atomic E-state index is 0.244. The molecule has 1 aromatic carbocycles. The molecule has 0 saturated carbocycles. The van der Waals surface area contributed by atoms with Crippen molar-refractivity contribution in [3.05, 3.63) is 51.1 Å². The molecule has 0 amide bonds. The van der Waals surface area contributed by atoms with Gasteiger partial charge >= 0.3 is 0 Å². The van der Waals surface area contributed by atoms with Crippen molar-refractivity contribution in [2.24, 2.45) is 0 Å². The predicted molar refractivity (Wildman–Crippen MR) is 92.7 cm³/mol. The largest absolute Gasteiger partial charge is 0.273 e. The zero-order valence-electron chi connectivity index (χ0n) is 10.8. The summed E-state index contributed by atoms with van der Waals surface area (Å²) in [7, 11) is -3.59. The molecule has 0 atom stereocenters. The fraction of sp³-hybridized carbons (Fsp3) is 0. The molecular weight excluding hydrogens is 383 g/mol. The van der Waals surface area contributed by atoms with Crippen molar-refractivity contribution in [1.29, 1.82) is 0 Å². The van der Waals surface area contributed by atoms with E-state index < -0.39 is 10.0 Å². The number of nitrogens with one attached hydrogen (secondary N) is 1. The molecule has 0 unspecified atom stereocenters. The number of benzene rings is 1. The van der Waals surface area contributed by atoms with E-state index in [2.05, 4.69) is 9.71 Å². The van der Waals surface area contributed by atoms with Crippen LogP contribution in [0.2, 0.25) is 10.0 Å². The third-order valence-electron chi connectivity index (χ3n) is 2.69. The molecule has 2 heterocycles. The third-order valence-corrected chi connectivity index (χ3v) is 6.86. The summed E-state index contributed by atoms with van der Waals surface area (Å²) < 4.78 is 27.0. The zero-order chi connectivity index (χ0) is 15.7. The van der Waals surface area contributed by atoms with Crippen molar-refractivity contribution in [2.75, 3.05) is 4.72 Å². The Bertz CT molecular complexity index is 905. The molecule has 0 aliphatic carbocycles. The predicted octanol–water partition coefficient (Wildman–Crippen LogP) is 4.98. The number of thiazole rings is 1. The van der Waals surface area contributed by atoms with Gasteiger partial charge in [-0.3, -0.25) is 4.72 Å². The van der Waals surface area contributed by atoms with Gasteiger partial charge in [0.15, 0.2) is 5.13 Å². The number of anilines is 1. The van der Waals surface area contributed by atoms with Gasteiger partial charge in [0.2, 0.25) is 0 Å². The van der Waals surface area contributed by atoms with Crippen molar-refractivity contribution in [3.8, 4) is 11.3 Å². The van der Waals surface area contributed by atoms with Crippen LogP contribution in [0.1, 0.15) is 0 Å². The molecule has 0 fully saturated rings. The van der Waals surface area contributed by atoms with Crippen LogP contribution in [0.5, 0.6) is 0 Å². The fourth-order valence-electron chi connectivity index (χ4n) is 1.72. The van der Waals surface area contributed by atoms with Crippen LogP contribution in [0.4, 0.5) is 5.13 Å². The van der Waals surface area contributed by atoms with E-state index in [0.717, 1.165) is 11.3 Å². The van der Waals surface area contributed by atoms with Gasteiger partial charge in [-0.2, -0.15) is 0 Å². The van der Waals surface area contributed by atoms with Crippen molar-refractivity contribution in [3.63, 3.8) is 0 Å². The average Bonchev–Trinajstić information content (AvgIpc) is 3.09. The van der Waals surface area contributed by atoms with Crippen LogP contribution < -0.4 is 4.72 Å². The molecule has 9 heteroatoms. The average molecular weight is 391 g/mol. The van der Waals surface area contributed by atoms with Crippen LogP contribution in [0.25, 0.3) is 11.3 Å². The lowest BCUT2D eigenvalue weighted by Crippen LogP contribution is -2.11. The smallest absolute Gasteiger partial charge is 0.254 e. The first-order valence-corrected chi connectivity index (χ1v) is 9.93. The lowest BCUT2D eigenvalue weighted by Gasteiger charge is -2.02. The highest BCUT2D eigenvalue weighted by molar-refractivity contribution is 7.94. The number of sulfonamides is 1. The Morgan fingerprint density at radius 1 is 1.14 bits per heavy atom. The molecule has 0 saturated heterocycles. The number of hydrogen-bond donors (Lipinski definition) is 1. The number of thiophene rings is 1. The Labute approximate surface area is 145 Å². The minimum atomic E-state index is -3.59. The number of hydrogen-bond acceptors (Lipinski definition) is 5. The summed E-state index contributed by atoms with van der Waals surface area (Å²) in [5.41, 5.74) is 1.29. The maximum absolute atomic E-state index is 12.1. The van der Waals surface area contributed by atoms with Crippen LogP contribution in [0.15, 0.2) is 45.3 Å². The molecule has 0 aliphatic rings. The van der Waals surface area contributed by atoms with Gasteiger partial charge in [0.25, 0.3) is 10.0 Å². The Balaban J connectivity index is 1.88. The number of halogens is 2. The fourth-order valence-corrected chi connectivity index (χ4v) is 5.18. The molecule has 2 aromatic heterocycles. The van der Waals surface area contributed by atoms with Crippen molar-refractivity contribution >= 4 is 61.0 Å². The van der Waals surface area contributed by atoms with Gasteiger partial charge in [0.05, 0.1) is 10.7 Å². The molecule has 0 spiro atoms. The van der Waals surface area contributed by atoms with Crippen molar-refractivity contribution < 1.29 is 8.42 Å². The summed E-state index contributed by atoms with van der Waals surface area (Å²) in [6.45, 7) is 0. The highest BCUT2D eigenvalue weighted by atomic mass is 35.5. The zero-order valence-corrected chi connectivity index (χ0v) is 14.7. The lowest BCUT2D eigenvalue weighted by molar-refractivity contribution is 0.603. The van der Waals surface area contributed by atoms with E-state index in [1.54, 1.807) is 35.0 Å². The monoisotopic (exact) mass is 390 g/mol. The van der Waals surface area contributed by atoms with Gasteiger partial charge in [-0.1, -0.05) is 29.3 Å². The first-order chi connectivity index (χ1) is 10.5. The van der Waals surface area contributed by atoms with Crippen LogP contribution in [0.3, 0.4) is 0 Å². The molecule has 0 radical (unpaired) electrons. The second kappa shape index (κ2) is 6.17. The minimum Gasteiger partial charge on any atom is -0.254 e. The summed E-state index contributed by atoms with van der Waals surface area (Å²) >= 11 is 14.3. The van der Waals surface area contributed by atoms with E-state index in [9.17, 15) is 8.42 Å². The van der Waals surface area contributed by atoms with E-state index in [4.69, 9.17) is 23.2 Å². The Kier molecular flexibility index (Phi) is 4.42. The summed E-state index contributed by atoms with van der Waals surface area (Å²) in [4.78, 5) is 4.27. The number of nitrogens with zero attached hydrogens (tertiary/aromatic N) is 1. The van der Waals surface area contributed by atoms with E-state index in [-0.39, 0.29) is 9.34 Å². The van der Waals surface area contributed by atoms with Crippen LogP contribution in [-0.2, 0) is 10.0 Å². The van der Waals surface area contributed by atoms with Gasteiger partial charge in [-0.15, -0.1) is 22.7 Å². The molecular formula is C13H8Cl2N2O2S3. The Morgan fingerprint density at radius 3 is 2.64 bits per heavy atom. The first kappa shape index (κ1) is 15.8. The van der Waals surface area contributed by atoms with Gasteiger partial charge in [-0.25, -0.2) is 13.4 Å². The van der Waals surface area contributed by atoms with E-state index >= 15 is 0 Å². The van der Waals surface area contributed by atoms with Crippen molar-refractivity contribution in [1.82, 2.24) is 4.98 Å². The lowest BCUT2D eigenvalue weighted by atomic mass is 10.2. The number of rotatable bonds is 4. The molecule has 1 N–H and O–H groups in total. The molecule has 3 aromatic rings. The third kappa shape index (κ3) is 3.28. The number of aromatic nitrogens is 1. The van der Waals surface area contributed by atoms with E-state index in [1.165, 1.54) is 17.4 Å². The Hall–Kier alpha value is -1.12. The molecule has 114 valence electrons. The van der Waals surface area contributed by atoms with E-state index in [0.29, 0.717) is 21.3 Å². The second-order valence-corrected chi connectivity index (χ2v) is 8.76. The summed E-state index contributed by atoms with van der Waals surface area (Å²) in [6, 6.07) is 8.29. The van der Waals surface area contributed by atoms with Crippen LogP contribution >= 0.6 is 45.9 Å². The van der Waals surface area contributed by atoms with Gasteiger partial charge < -0.3 is 0 Å². The summed E-state index contributed by atoms with van der Waals surface area (Å²) in [6.07, 6.45) is 0. The normalized spacial score (nSPS) is 11.5. The van der Waals surface area contributed by atoms with Crippen LogP contribution in [0, 0.1) is 0 Å². The maximum Gasteiger partial charge on any atom is 0.273 e. The van der Waals surface area contributed by atoms with Crippen LogP contribution in [-0.4, -0.2) is 13.4 Å². The molecule has 22 heavy (non-hydrogen) atoms. The van der Waals surface area contributed by atoms with Crippen molar-refractivity contribution in [2.45, 2.75) is 4.21 Å². The van der Waals surface area contributed by atoms with Gasteiger partial charge in [0.1, 0.15) is 4.21 Å². The van der Waals surface area contributed by atoms with Gasteiger partial charge in [0, 0.05) is 16.0 Å². The first-order valence-electron chi connectivity index (χ1n) is 5.93. The topological polar surface area (TPSA) is 59.1 Å². The molecule has 0 aliphatic heterocycles. The highest BCUT2D eigenvalue weighted by Gasteiger charge is 2.17. The summed E-state index contributed by atoms with van der Waals surface area (Å²) in [5.74, 6) is 0. The quantitative estimate of drug-likeness (QED) is 0.683. The van der Waals surface area contributed by atoms with Gasteiger partial charge in [-0.05, 0) is 29.6 Å². The standard InChI is InChI=1S/C13H8Cl2N2O2S3/c14-8-3-4-9(10(15)6-8)11-7-21-13(16-11)17-22(18,19)12-2-1-5-20-12/h1-7H,(H,16,17). The Morgan fingerprint density at radius 2 is 1.95 bits per heavy atom. The SMILES string of the molecule is O=S(=O)(Nc1nc(-c2ccc(Cl)cc2Cl)cs1)c1cccs1. The van der Waals surface area contributed by atoms with E-state index in [1.807, 2.05) is 0 Å². The molecule has 4 nitrogen and oxygen atoms in total. The summed E-state index contributed by atoms with van der Waals surface area (Å²) in [5, 5.41) is 4.72.